The van der Waals surface area contributed by atoms with Crippen LogP contribution in [0.4, 0.5) is 4.39 Å². The van der Waals surface area contributed by atoms with E-state index < -0.39 is 0 Å². The molecule has 0 unspecified atom stereocenters. The minimum atomic E-state index is -0.236. The van der Waals surface area contributed by atoms with Gasteiger partial charge in [0.15, 0.2) is 0 Å². The van der Waals surface area contributed by atoms with Crippen molar-refractivity contribution < 1.29 is 9.13 Å². The molecule has 29 heavy (non-hydrogen) atoms. The van der Waals surface area contributed by atoms with E-state index in [1.54, 1.807) is 12.1 Å². The summed E-state index contributed by atoms with van der Waals surface area (Å²) in [5.41, 5.74) is 4.30. The second-order valence-electron chi connectivity index (χ2n) is 7.14. The third-order valence-corrected chi connectivity index (χ3v) is 5.13. The zero-order valence-electron chi connectivity index (χ0n) is 16.6. The monoisotopic (exact) mass is 388 g/mol. The van der Waals surface area contributed by atoms with Crippen LogP contribution in [0.3, 0.4) is 0 Å². The molecule has 0 fully saturated rings. The van der Waals surface area contributed by atoms with Gasteiger partial charge in [0.2, 0.25) is 0 Å². The lowest BCUT2D eigenvalue weighted by Crippen LogP contribution is -2.04. The first kappa shape index (κ1) is 19.2. The maximum atomic E-state index is 13.3. The molecule has 0 aliphatic rings. The highest BCUT2D eigenvalue weighted by molar-refractivity contribution is 5.80. The van der Waals surface area contributed by atoms with Gasteiger partial charge in [-0.3, -0.25) is 0 Å². The molecule has 0 amide bonds. The van der Waals surface area contributed by atoms with Crippen molar-refractivity contribution in [1.82, 2.24) is 9.55 Å². The average molecular weight is 388 g/mol. The minimum Gasteiger partial charge on any atom is -0.494 e. The number of imidazole rings is 1. The molecule has 0 radical (unpaired) electrons. The number of aromatic nitrogens is 2. The Balaban J connectivity index is 1.43. The van der Waals surface area contributed by atoms with E-state index in [9.17, 15) is 4.39 Å². The second-order valence-corrected chi connectivity index (χ2v) is 7.14. The highest BCUT2D eigenvalue weighted by atomic mass is 19.1. The van der Waals surface area contributed by atoms with Crippen molar-refractivity contribution in [3.05, 3.63) is 84.2 Å². The van der Waals surface area contributed by atoms with Crippen LogP contribution in [0.1, 0.15) is 25.3 Å². The fraction of sp³-hybridized carbons (Fsp3) is 0.240. The standard InChI is InChI=1S/C25H25FN2O/c1-2-19-9-15-22(16-10-19)29-18-6-5-17-28-24-8-4-3-7-23(24)27-25(28)20-11-13-21(26)14-12-20/h3-4,7-16H,2,5-6,17-18H2,1H3. The van der Waals surface area contributed by atoms with Gasteiger partial charge in [0.1, 0.15) is 17.4 Å². The van der Waals surface area contributed by atoms with Crippen LogP contribution in [0, 0.1) is 5.82 Å². The molecule has 4 aromatic rings. The summed E-state index contributed by atoms with van der Waals surface area (Å²) in [5.74, 6) is 1.56. The molecule has 0 saturated carbocycles. The summed E-state index contributed by atoms with van der Waals surface area (Å²) in [5, 5.41) is 0. The number of hydrogen-bond acceptors (Lipinski definition) is 2. The molecule has 3 nitrogen and oxygen atoms in total. The van der Waals surface area contributed by atoms with Crippen molar-refractivity contribution in [2.75, 3.05) is 6.61 Å². The van der Waals surface area contributed by atoms with Crippen molar-refractivity contribution in [3.8, 4) is 17.1 Å². The average Bonchev–Trinajstić information content (AvgIpc) is 3.13. The molecule has 4 rings (SSSR count). The molecule has 0 saturated heterocycles. The van der Waals surface area contributed by atoms with Gasteiger partial charge in [0.05, 0.1) is 17.6 Å². The highest BCUT2D eigenvalue weighted by Crippen LogP contribution is 2.25. The van der Waals surface area contributed by atoms with Gasteiger partial charge >= 0.3 is 0 Å². The van der Waals surface area contributed by atoms with E-state index in [-0.39, 0.29) is 5.82 Å². The Hall–Kier alpha value is -3.14. The Morgan fingerprint density at radius 3 is 2.41 bits per heavy atom. The first-order valence-electron chi connectivity index (χ1n) is 10.2. The van der Waals surface area contributed by atoms with E-state index in [1.807, 2.05) is 30.3 Å². The van der Waals surface area contributed by atoms with Gasteiger partial charge in [-0.25, -0.2) is 9.37 Å². The molecular weight excluding hydrogens is 363 g/mol. The quantitative estimate of drug-likeness (QED) is 0.333. The summed E-state index contributed by atoms with van der Waals surface area (Å²) < 4.78 is 21.4. The molecule has 148 valence electrons. The number of para-hydroxylation sites is 2. The molecule has 1 aromatic heterocycles. The molecule has 0 spiro atoms. The normalized spacial score (nSPS) is 11.1. The Morgan fingerprint density at radius 1 is 0.897 bits per heavy atom. The highest BCUT2D eigenvalue weighted by Gasteiger charge is 2.12. The molecule has 1 heterocycles. The smallest absolute Gasteiger partial charge is 0.141 e. The van der Waals surface area contributed by atoms with Gasteiger partial charge in [0, 0.05) is 12.1 Å². The van der Waals surface area contributed by atoms with Crippen LogP contribution in [-0.2, 0) is 13.0 Å². The Bertz CT molecular complexity index is 1070. The molecule has 3 aromatic carbocycles. The number of nitrogens with zero attached hydrogens (tertiary/aromatic N) is 2. The topological polar surface area (TPSA) is 27.1 Å². The number of rotatable bonds is 8. The third kappa shape index (κ3) is 4.48. The Morgan fingerprint density at radius 2 is 1.66 bits per heavy atom. The summed E-state index contributed by atoms with van der Waals surface area (Å²) in [7, 11) is 0. The van der Waals surface area contributed by atoms with Crippen molar-refractivity contribution in [3.63, 3.8) is 0 Å². The molecule has 0 aliphatic heterocycles. The molecule has 0 aliphatic carbocycles. The van der Waals surface area contributed by atoms with Gasteiger partial charge in [-0.15, -0.1) is 0 Å². The Kier molecular flexibility index (Phi) is 5.89. The van der Waals surface area contributed by atoms with E-state index in [1.165, 1.54) is 17.7 Å². The largest absolute Gasteiger partial charge is 0.494 e. The van der Waals surface area contributed by atoms with E-state index in [0.717, 1.165) is 54.0 Å². The lowest BCUT2D eigenvalue weighted by molar-refractivity contribution is 0.303. The number of unbranched alkanes of at least 4 members (excludes halogenated alkanes) is 1. The number of hydrogen-bond donors (Lipinski definition) is 0. The van der Waals surface area contributed by atoms with Gasteiger partial charge in [-0.1, -0.05) is 31.2 Å². The van der Waals surface area contributed by atoms with Crippen molar-refractivity contribution in [2.45, 2.75) is 32.7 Å². The maximum absolute atomic E-state index is 13.3. The van der Waals surface area contributed by atoms with Gasteiger partial charge in [-0.2, -0.15) is 0 Å². The molecular formula is C25H25FN2O. The van der Waals surface area contributed by atoms with E-state index in [4.69, 9.17) is 9.72 Å². The van der Waals surface area contributed by atoms with E-state index in [2.05, 4.69) is 29.7 Å². The predicted molar refractivity (Wildman–Crippen MR) is 116 cm³/mol. The third-order valence-electron chi connectivity index (χ3n) is 5.13. The number of ether oxygens (including phenoxy) is 1. The SMILES string of the molecule is CCc1ccc(OCCCCn2c(-c3ccc(F)cc3)nc3ccccc32)cc1. The van der Waals surface area contributed by atoms with Crippen LogP contribution >= 0.6 is 0 Å². The lowest BCUT2D eigenvalue weighted by atomic mass is 10.2. The molecule has 0 atom stereocenters. The van der Waals surface area contributed by atoms with E-state index >= 15 is 0 Å². The molecule has 4 heteroatoms. The summed E-state index contributed by atoms with van der Waals surface area (Å²) in [4.78, 5) is 4.78. The van der Waals surface area contributed by atoms with Crippen LogP contribution in [0.25, 0.3) is 22.4 Å². The Labute approximate surface area is 170 Å². The van der Waals surface area contributed by atoms with Crippen molar-refractivity contribution in [2.24, 2.45) is 0 Å². The number of benzene rings is 3. The zero-order valence-corrected chi connectivity index (χ0v) is 16.6. The fourth-order valence-electron chi connectivity index (χ4n) is 3.50. The van der Waals surface area contributed by atoms with Gasteiger partial charge in [0.25, 0.3) is 0 Å². The van der Waals surface area contributed by atoms with Crippen molar-refractivity contribution in [1.29, 1.82) is 0 Å². The predicted octanol–water partition coefficient (Wildman–Crippen LogP) is 6.26. The van der Waals surface area contributed by atoms with Crippen LogP contribution in [-0.4, -0.2) is 16.2 Å². The first-order chi connectivity index (χ1) is 14.2. The zero-order chi connectivity index (χ0) is 20.1. The summed E-state index contributed by atoms with van der Waals surface area (Å²) in [6.45, 7) is 3.67. The summed E-state index contributed by atoms with van der Waals surface area (Å²) in [6, 6.07) is 23.0. The maximum Gasteiger partial charge on any atom is 0.141 e. The van der Waals surface area contributed by atoms with E-state index in [0.29, 0.717) is 6.61 Å². The van der Waals surface area contributed by atoms with Gasteiger partial charge < -0.3 is 9.30 Å². The van der Waals surface area contributed by atoms with Gasteiger partial charge in [-0.05, 0) is 73.4 Å². The number of aryl methyl sites for hydroxylation is 2. The molecule has 0 bridgehead atoms. The fourth-order valence-corrected chi connectivity index (χ4v) is 3.50. The first-order valence-corrected chi connectivity index (χ1v) is 10.2. The summed E-state index contributed by atoms with van der Waals surface area (Å²) >= 11 is 0. The number of halogens is 1. The number of fused-ring (bicyclic) bond motifs is 1. The van der Waals surface area contributed by atoms with Crippen LogP contribution in [0.2, 0.25) is 0 Å². The van der Waals surface area contributed by atoms with Crippen LogP contribution in [0.5, 0.6) is 5.75 Å². The minimum absolute atomic E-state index is 0.236. The second kappa shape index (κ2) is 8.91. The van der Waals surface area contributed by atoms with Crippen LogP contribution in [0.15, 0.2) is 72.8 Å². The molecule has 0 N–H and O–H groups in total. The van der Waals surface area contributed by atoms with Crippen LogP contribution < -0.4 is 4.74 Å². The van der Waals surface area contributed by atoms with Crippen molar-refractivity contribution >= 4 is 11.0 Å². The lowest BCUT2D eigenvalue weighted by Gasteiger charge is -2.10. The summed E-state index contributed by atoms with van der Waals surface area (Å²) in [6.07, 6.45) is 2.96.